The second kappa shape index (κ2) is 8.92. The van der Waals surface area contributed by atoms with Crippen molar-refractivity contribution < 1.29 is 19.1 Å². The van der Waals surface area contributed by atoms with E-state index >= 15 is 0 Å². The van der Waals surface area contributed by atoms with Gasteiger partial charge in [0.25, 0.3) is 11.8 Å². The summed E-state index contributed by atoms with van der Waals surface area (Å²) in [5.74, 6) is -0.928. The number of anilines is 1. The first-order chi connectivity index (χ1) is 15.4. The fraction of sp³-hybridized carbons (Fsp3) is 0.250. The number of carbonyl (C=O) groups is 3. The molecular weight excluding hydrogens is 426 g/mol. The Bertz CT molecular complexity index is 1150. The van der Waals surface area contributed by atoms with E-state index < -0.39 is 23.8 Å². The predicted octanol–water partition coefficient (Wildman–Crippen LogP) is 4.47. The van der Waals surface area contributed by atoms with Gasteiger partial charge in [-0.05, 0) is 37.1 Å². The number of hydrogen-bond acceptors (Lipinski definition) is 6. The van der Waals surface area contributed by atoms with Crippen molar-refractivity contribution in [2.75, 3.05) is 11.9 Å². The van der Waals surface area contributed by atoms with E-state index in [1.165, 1.54) is 11.3 Å². The molecule has 0 saturated heterocycles. The lowest BCUT2D eigenvalue weighted by atomic mass is 10.0. The zero-order valence-electron chi connectivity index (χ0n) is 18.0. The Balaban J connectivity index is 1.57. The van der Waals surface area contributed by atoms with Gasteiger partial charge in [-0.1, -0.05) is 38.1 Å². The number of amides is 3. The summed E-state index contributed by atoms with van der Waals surface area (Å²) in [6, 6.07) is 13.2. The second-order valence-corrected chi connectivity index (χ2v) is 8.53. The molecule has 1 atom stereocenters. The largest absolute Gasteiger partial charge is 0.493 e. The molecule has 0 fully saturated rings. The third-order valence-electron chi connectivity index (χ3n) is 5.20. The number of rotatable bonds is 7. The number of fused-ring (bicyclic) bond motifs is 1. The Kier molecular flexibility index (Phi) is 6.05. The zero-order chi connectivity index (χ0) is 22.8. The number of benzene rings is 2. The number of nitrogens with zero attached hydrogens (tertiary/aromatic N) is 2. The van der Waals surface area contributed by atoms with Crippen LogP contribution in [0.3, 0.4) is 0 Å². The van der Waals surface area contributed by atoms with Gasteiger partial charge in [-0.15, -0.1) is 11.3 Å². The van der Waals surface area contributed by atoms with E-state index in [1.807, 2.05) is 36.6 Å². The molecule has 1 N–H and O–H groups in total. The molecule has 2 aromatic carbocycles. The standard InChI is InChI=1S/C24H23N3O4S/c1-4-31-19-12-8-7-11-17(19)18-13-32-24(25-18)26-21(28)20(14(2)3)27-22(29)15-9-5-6-10-16(15)23(27)30/h5-14,20H,4H2,1-3H3,(H,25,26,28). The molecule has 1 aromatic heterocycles. The van der Waals surface area contributed by atoms with Crippen LogP contribution in [0.1, 0.15) is 41.5 Å². The molecule has 1 unspecified atom stereocenters. The van der Waals surface area contributed by atoms with Crippen molar-refractivity contribution in [3.63, 3.8) is 0 Å². The summed E-state index contributed by atoms with van der Waals surface area (Å²) in [5, 5.41) is 5.01. The van der Waals surface area contributed by atoms with Gasteiger partial charge in [-0.2, -0.15) is 0 Å². The number of nitrogens with one attached hydrogen (secondary N) is 1. The number of ether oxygens (including phenoxy) is 1. The van der Waals surface area contributed by atoms with Crippen molar-refractivity contribution in [2.45, 2.75) is 26.8 Å². The summed E-state index contributed by atoms with van der Waals surface area (Å²) in [6.07, 6.45) is 0. The highest BCUT2D eigenvalue weighted by Gasteiger charge is 2.44. The van der Waals surface area contributed by atoms with Crippen molar-refractivity contribution in [3.05, 3.63) is 65.0 Å². The Labute approximate surface area is 190 Å². The van der Waals surface area contributed by atoms with E-state index in [0.29, 0.717) is 34.3 Å². The molecule has 3 aromatic rings. The van der Waals surface area contributed by atoms with E-state index in [-0.39, 0.29) is 5.92 Å². The van der Waals surface area contributed by atoms with Gasteiger partial charge < -0.3 is 10.1 Å². The van der Waals surface area contributed by atoms with Crippen LogP contribution in [-0.4, -0.2) is 40.3 Å². The minimum absolute atomic E-state index is 0.282. The van der Waals surface area contributed by atoms with Gasteiger partial charge in [-0.25, -0.2) is 4.98 Å². The van der Waals surface area contributed by atoms with Gasteiger partial charge in [0, 0.05) is 10.9 Å². The van der Waals surface area contributed by atoms with Gasteiger partial charge in [0.2, 0.25) is 5.91 Å². The maximum absolute atomic E-state index is 13.2. The van der Waals surface area contributed by atoms with E-state index in [9.17, 15) is 14.4 Å². The number of hydrogen-bond donors (Lipinski definition) is 1. The molecule has 1 aliphatic rings. The molecule has 164 valence electrons. The van der Waals surface area contributed by atoms with Crippen molar-refractivity contribution in [1.82, 2.24) is 9.88 Å². The minimum atomic E-state index is -0.953. The summed E-state index contributed by atoms with van der Waals surface area (Å²) in [4.78, 5) is 44.6. The average Bonchev–Trinajstić information content (AvgIpc) is 3.33. The molecule has 1 aliphatic heterocycles. The summed E-state index contributed by atoms with van der Waals surface area (Å²) >= 11 is 1.27. The zero-order valence-corrected chi connectivity index (χ0v) is 18.8. The molecule has 0 saturated carbocycles. The normalized spacial score (nSPS) is 13.9. The third-order valence-corrected chi connectivity index (χ3v) is 5.96. The third kappa shape index (κ3) is 3.89. The van der Waals surface area contributed by atoms with Crippen LogP contribution in [0.2, 0.25) is 0 Å². The Morgan fingerprint density at radius 3 is 2.22 bits per heavy atom. The van der Waals surface area contributed by atoms with Crippen molar-refractivity contribution in [2.24, 2.45) is 5.92 Å². The maximum atomic E-state index is 13.2. The first-order valence-corrected chi connectivity index (χ1v) is 11.3. The lowest BCUT2D eigenvalue weighted by molar-refractivity contribution is -0.121. The Morgan fingerprint density at radius 2 is 1.62 bits per heavy atom. The van der Waals surface area contributed by atoms with Crippen LogP contribution in [0.4, 0.5) is 5.13 Å². The number of aromatic nitrogens is 1. The number of imide groups is 1. The lowest BCUT2D eigenvalue weighted by Crippen LogP contribution is -2.50. The summed E-state index contributed by atoms with van der Waals surface area (Å²) < 4.78 is 5.67. The van der Waals surface area contributed by atoms with Crippen LogP contribution >= 0.6 is 11.3 Å². The quantitative estimate of drug-likeness (QED) is 0.538. The Morgan fingerprint density at radius 1 is 1.03 bits per heavy atom. The van der Waals surface area contributed by atoms with Crippen molar-refractivity contribution in [1.29, 1.82) is 0 Å². The minimum Gasteiger partial charge on any atom is -0.493 e. The smallest absolute Gasteiger partial charge is 0.262 e. The first-order valence-electron chi connectivity index (χ1n) is 10.4. The highest BCUT2D eigenvalue weighted by Crippen LogP contribution is 2.33. The average molecular weight is 450 g/mol. The Hall–Kier alpha value is -3.52. The predicted molar refractivity (Wildman–Crippen MR) is 123 cm³/mol. The van der Waals surface area contributed by atoms with Crippen LogP contribution in [0.5, 0.6) is 5.75 Å². The van der Waals surface area contributed by atoms with Crippen LogP contribution in [0.25, 0.3) is 11.3 Å². The SMILES string of the molecule is CCOc1ccccc1-c1csc(NC(=O)C(C(C)C)N2C(=O)c3ccccc3C2=O)n1. The fourth-order valence-corrected chi connectivity index (χ4v) is 4.49. The highest BCUT2D eigenvalue weighted by molar-refractivity contribution is 7.14. The monoisotopic (exact) mass is 449 g/mol. The van der Waals surface area contributed by atoms with E-state index in [4.69, 9.17) is 4.74 Å². The van der Waals surface area contributed by atoms with E-state index in [0.717, 1.165) is 10.5 Å². The summed E-state index contributed by atoms with van der Waals surface area (Å²) in [5.41, 5.74) is 2.14. The van der Waals surface area contributed by atoms with Gasteiger partial charge in [0.15, 0.2) is 5.13 Å². The maximum Gasteiger partial charge on any atom is 0.262 e. The molecule has 0 radical (unpaired) electrons. The van der Waals surface area contributed by atoms with Gasteiger partial charge in [0.1, 0.15) is 11.8 Å². The number of carbonyl (C=O) groups excluding carboxylic acids is 3. The van der Waals surface area contributed by atoms with E-state index in [1.54, 1.807) is 38.1 Å². The molecule has 0 bridgehead atoms. The number of thiazole rings is 1. The molecule has 0 spiro atoms. The van der Waals surface area contributed by atoms with E-state index in [2.05, 4.69) is 10.3 Å². The molecule has 2 heterocycles. The molecule has 0 aliphatic carbocycles. The van der Waals surface area contributed by atoms with Gasteiger partial charge in [-0.3, -0.25) is 19.3 Å². The molecule has 4 rings (SSSR count). The van der Waals surface area contributed by atoms with Crippen LogP contribution in [0, 0.1) is 5.92 Å². The molecular formula is C24H23N3O4S. The molecule has 3 amide bonds. The topological polar surface area (TPSA) is 88.6 Å². The first kappa shape index (κ1) is 21.7. The second-order valence-electron chi connectivity index (χ2n) is 7.67. The van der Waals surface area contributed by atoms with Crippen LogP contribution in [-0.2, 0) is 4.79 Å². The van der Waals surface area contributed by atoms with Crippen molar-refractivity contribution in [3.8, 4) is 17.0 Å². The highest BCUT2D eigenvalue weighted by atomic mass is 32.1. The van der Waals surface area contributed by atoms with Gasteiger partial charge in [0.05, 0.1) is 23.4 Å². The molecule has 32 heavy (non-hydrogen) atoms. The van der Waals surface area contributed by atoms with Gasteiger partial charge >= 0.3 is 0 Å². The summed E-state index contributed by atoms with van der Waals surface area (Å²) in [7, 11) is 0. The molecule has 7 nitrogen and oxygen atoms in total. The van der Waals surface area contributed by atoms with Crippen LogP contribution < -0.4 is 10.1 Å². The fourth-order valence-electron chi connectivity index (χ4n) is 3.77. The molecule has 8 heteroatoms. The van der Waals surface area contributed by atoms with Crippen molar-refractivity contribution >= 4 is 34.2 Å². The number of para-hydroxylation sites is 1. The lowest BCUT2D eigenvalue weighted by Gasteiger charge is -2.27. The summed E-state index contributed by atoms with van der Waals surface area (Å²) in [6.45, 7) is 6.05. The van der Waals surface area contributed by atoms with Crippen LogP contribution in [0.15, 0.2) is 53.9 Å².